The topological polar surface area (TPSA) is 76.0 Å². The molecule has 0 spiro atoms. The number of anilines is 1. The van der Waals surface area contributed by atoms with Gasteiger partial charge in [-0.2, -0.15) is 0 Å². The van der Waals surface area contributed by atoms with Gasteiger partial charge in [0, 0.05) is 36.5 Å². The number of amides is 2. The number of fused-ring (bicyclic) bond motifs is 1. The quantitative estimate of drug-likeness (QED) is 0.620. The number of aromatic nitrogens is 2. The lowest BCUT2D eigenvalue weighted by Gasteiger charge is -2.11. The summed E-state index contributed by atoms with van der Waals surface area (Å²) in [7, 11) is 0. The Balaban J connectivity index is 1.32. The predicted octanol–water partition coefficient (Wildman–Crippen LogP) is 3.65. The number of carbonyl (C=O) groups is 2. The molecule has 6 heteroatoms. The van der Waals surface area contributed by atoms with Crippen molar-refractivity contribution in [3.63, 3.8) is 0 Å². The van der Waals surface area contributed by atoms with Crippen LogP contribution < -0.4 is 10.6 Å². The van der Waals surface area contributed by atoms with Crippen LogP contribution in [-0.4, -0.2) is 27.9 Å². The lowest BCUT2D eigenvalue weighted by molar-refractivity contribution is -0.121. The summed E-state index contributed by atoms with van der Waals surface area (Å²) < 4.78 is 2.21. The molecule has 1 aliphatic heterocycles. The van der Waals surface area contributed by atoms with Crippen molar-refractivity contribution in [1.82, 2.24) is 14.9 Å². The van der Waals surface area contributed by atoms with Gasteiger partial charge in [0.2, 0.25) is 11.8 Å². The molecule has 0 bridgehead atoms. The van der Waals surface area contributed by atoms with Gasteiger partial charge in [-0.25, -0.2) is 4.98 Å². The highest BCUT2D eigenvalue weighted by atomic mass is 16.2. The molecule has 1 aromatic heterocycles. The van der Waals surface area contributed by atoms with Crippen LogP contribution in [0.15, 0.2) is 66.9 Å². The van der Waals surface area contributed by atoms with Crippen LogP contribution in [-0.2, 0) is 22.6 Å². The average molecular weight is 400 g/mol. The highest BCUT2D eigenvalue weighted by Crippen LogP contribution is 2.24. The number of nitrogens with zero attached hydrogens (tertiary/aromatic N) is 2. The minimum atomic E-state index is -0.314. The minimum absolute atomic E-state index is 0.0963. The highest BCUT2D eigenvalue weighted by molar-refractivity contribution is 5.98. The summed E-state index contributed by atoms with van der Waals surface area (Å²) in [5.74, 6) is 0.529. The van der Waals surface area contributed by atoms with E-state index in [9.17, 15) is 9.59 Å². The molecule has 0 aliphatic carbocycles. The Labute approximate surface area is 175 Å². The van der Waals surface area contributed by atoms with Gasteiger partial charge < -0.3 is 15.2 Å². The lowest BCUT2D eigenvalue weighted by atomic mass is 10.1. The van der Waals surface area contributed by atoms with Crippen molar-refractivity contribution in [1.29, 1.82) is 0 Å². The van der Waals surface area contributed by atoms with Gasteiger partial charge in [-0.05, 0) is 36.6 Å². The Morgan fingerprint density at radius 2 is 1.93 bits per heavy atom. The molecular weight excluding hydrogens is 376 g/mol. The van der Waals surface area contributed by atoms with Gasteiger partial charge in [-0.3, -0.25) is 9.59 Å². The van der Waals surface area contributed by atoms with E-state index in [4.69, 9.17) is 4.98 Å². The highest BCUT2D eigenvalue weighted by Gasteiger charge is 2.13. The van der Waals surface area contributed by atoms with Gasteiger partial charge in [-0.1, -0.05) is 42.5 Å². The molecule has 152 valence electrons. The second-order valence-corrected chi connectivity index (χ2v) is 7.28. The summed E-state index contributed by atoms with van der Waals surface area (Å²) in [4.78, 5) is 28.9. The van der Waals surface area contributed by atoms with E-state index >= 15 is 0 Å². The van der Waals surface area contributed by atoms with E-state index in [2.05, 4.69) is 21.4 Å². The summed E-state index contributed by atoms with van der Waals surface area (Å²) in [6, 6.07) is 17.1. The Bertz CT molecular complexity index is 1050. The van der Waals surface area contributed by atoms with Crippen LogP contribution in [0.4, 0.5) is 5.69 Å². The van der Waals surface area contributed by atoms with Crippen LogP contribution >= 0.6 is 0 Å². The Morgan fingerprint density at radius 1 is 1.07 bits per heavy atom. The third-order valence-electron chi connectivity index (χ3n) is 5.00. The fourth-order valence-corrected chi connectivity index (χ4v) is 3.48. The smallest absolute Gasteiger partial charge is 0.244 e. The maximum atomic E-state index is 12.2. The van der Waals surface area contributed by atoms with E-state index in [0.29, 0.717) is 5.69 Å². The summed E-state index contributed by atoms with van der Waals surface area (Å²) in [6.45, 7) is 0.915. The van der Waals surface area contributed by atoms with Gasteiger partial charge >= 0.3 is 0 Å². The summed E-state index contributed by atoms with van der Waals surface area (Å²) in [6.07, 6.45) is 8.58. The number of carbonyl (C=O) groups excluding carboxylic acids is 2. The van der Waals surface area contributed by atoms with E-state index in [1.54, 1.807) is 6.08 Å². The van der Waals surface area contributed by atoms with Crippen LogP contribution in [0.2, 0.25) is 0 Å². The number of benzene rings is 2. The zero-order valence-electron chi connectivity index (χ0n) is 16.7. The molecule has 2 heterocycles. The van der Waals surface area contributed by atoms with Crippen molar-refractivity contribution in [3.8, 4) is 11.3 Å². The van der Waals surface area contributed by atoms with Gasteiger partial charge in [0.05, 0.1) is 12.2 Å². The first-order chi connectivity index (χ1) is 14.7. The Kier molecular flexibility index (Phi) is 6.03. The minimum Gasteiger partial charge on any atom is -0.343 e. The largest absolute Gasteiger partial charge is 0.343 e. The molecule has 0 radical (unpaired) electrons. The molecule has 2 N–H and O–H groups in total. The van der Waals surface area contributed by atoms with Crippen molar-refractivity contribution in [2.45, 2.75) is 25.8 Å². The third-order valence-corrected chi connectivity index (χ3v) is 5.00. The van der Waals surface area contributed by atoms with Gasteiger partial charge in [0.15, 0.2) is 0 Å². The van der Waals surface area contributed by atoms with Crippen LogP contribution in [0.3, 0.4) is 0 Å². The molecule has 4 rings (SSSR count). The molecule has 2 aromatic carbocycles. The summed E-state index contributed by atoms with van der Waals surface area (Å²) in [5, 5.41) is 5.43. The number of rotatable bonds is 6. The first-order valence-corrected chi connectivity index (χ1v) is 10.1. The van der Waals surface area contributed by atoms with Crippen LogP contribution in [0.1, 0.15) is 24.2 Å². The summed E-state index contributed by atoms with van der Waals surface area (Å²) >= 11 is 0. The first-order valence-electron chi connectivity index (χ1n) is 10.1. The monoisotopic (exact) mass is 400 g/mol. The number of nitrogens with one attached hydrogen (secondary N) is 2. The van der Waals surface area contributed by atoms with E-state index in [0.717, 1.165) is 35.6 Å². The SMILES string of the molecule is O=C(/C=C/c1ccccc1)NCC(=O)Nc1cccc(-c2cn3c(n2)CCCC3)c1. The zero-order valence-corrected chi connectivity index (χ0v) is 16.7. The van der Waals surface area contributed by atoms with Crippen LogP contribution in [0, 0.1) is 0 Å². The number of imidazole rings is 1. The van der Waals surface area contributed by atoms with Gasteiger partial charge in [0.25, 0.3) is 0 Å². The van der Waals surface area contributed by atoms with Crippen LogP contribution in [0.5, 0.6) is 0 Å². The fraction of sp³-hybridized carbons (Fsp3) is 0.208. The molecule has 0 fully saturated rings. The molecule has 30 heavy (non-hydrogen) atoms. The normalized spacial score (nSPS) is 13.1. The van der Waals surface area contributed by atoms with Crippen LogP contribution in [0.25, 0.3) is 17.3 Å². The Hall–Kier alpha value is -3.67. The summed E-state index contributed by atoms with van der Waals surface area (Å²) in [5.41, 5.74) is 3.49. The second-order valence-electron chi connectivity index (χ2n) is 7.28. The maximum Gasteiger partial charge on any atom is 0.244 e. The average Bonchev–Trinajstić information content (AvgIpc) is 3.22. The first kappa shape index (κ1) is 19.6. The molecular formula is C24H24N4O2. The molecule has 3 aromatic rings. The van der Waals surface area contributed by atoms with Crippen molar-refractivity contribution in [2.75, 3.05) is 11.9 Å². The molecule has 6 nitrogen and oxygen atoms in total. The fourth-order valence-electron chi connectivity index (χ4n) is 3.48. The molecule has 1 aliphatic rings. The molecule has 0 unspecified atom stereocenters. The molecule has 0 saturated carbocycles. The standard InChI is InChI=1S/C24H24N4O2/c29-23(13-12-18-7-2-1-3-8-18)25-16-24(30)26-20-10-6-9-19(15-20)21-17-28-14-5-4-11-22(28)27-21/h1-3,6-10,12-13,15,17H,4-5,11,14,16H2,(H,25,29)(H,26,30)/b13-12+. The number of hydrogen-bond acceptors (Lipinski definition) is 3. The third kappa shape index (κ3) is 5.03. The van der Waals surface area contributed by atoms with E-state index in [1.807, 2.05) is 54.6 Å². The molecule has 0 saturated heterocycles. The van der Waals surface area contributed by atoms with Crippen molar-refractivity contribution >= 4 is 23.6 Å². The molecule has 0 atom stereocenters. The molecule has 2 amide bonds. The van der Waals surface area contributed by atoms with E-state index in [1.165, 1.54) is 18.9 Å². The maximum absolute atomic E-state index is 12.2. The van der Waals surface area contributed by atoms with Gasteiger partial charge in [-0.15, -0.1) is 0 Å². The lowest BCUT2D eigenvalue weighted by Crippen LogP contribution is -2.31. The van der Waals surface area contributed by atoms with Crippen molar-refractivity contribution in [2.24, 2.45) is 0 Å². The van der Waals surface area contributed by atoms with Gasteiger partial charge in [0.1, 0.15) is 5.82 Å². The second kappa shape index (κ2) is 9.22. The zero-order chi connectivity index (χ0) is 20.8. The number of hydrogen-bond donors (Lipinski definition) is 2. The van der Waals surface area contributed by atoms with E-state index in [-0.39, 0.29) is 18.4 Å². The van der Waals surface area contributed by atoms with E-state index < -0.39 is 0 Å². The number of aryl methyl sites for hydroxylation is 2. The predicted molar refractivity (Wildman–Crippen MR) is 118 cm³/mol. The van der Waals surface area contributed by atoms with Crippen molar-refractivity contribution < 1.29 is 9.59 Å². The Morgan fingerprint density at radius 3 is 2.77 bits per heavy atom. The van der Waals surface area contributed by atoms with Crippen molar-refractivity contribution in [3.05, 3.63) is 78.3 Å².